The maximum Gasteiger partial charge on any atom is 0.256 e. The van der Waals surface area contributed by atoms with E-state index in [2.05, 4.69) is 5.32 Å². The van der Waals surface area contributed by atoms with Crippen LogP contribution in [0.3, 0.4) is 0 Å². The minimum absolute atomic E-state index is 0.0551. The molecule has 130 valence electrons. The summed E-state index contributed by atoms with van der Waals surface area (Å²) in [6.45, 7) is 2.39. The van der Waals surface area contributed by atoms with Gasteiger partial charge in [-0.3, -0.25) is 9.59 Å². The number of amides is 2. The van der Waals surface area contributed by atoms with Gasteiger partial charge in [0.15, 0.2) is 0 Å². The van der Waals surface area contributed by atoms with Gasteiger partial charge in [-0.2, -0.15) is 0 Å². The van der Waals surface area contributed by atoms with Crippen LogP contribution in [0.4, 0.5) is 11.4 Å². The largest absolute Gasteiger partial charge is 0.492 e. The number of nitrogens with one attached hydrogen (secondary N) is 1. The summed E-state index contributed by atoms with van der Waals surface area (Å²) in [5.41, 5.74) is 1.08. The minimum Gasteiger partial charge on any atom is -0.492 e. The standard InChI is InChI=1S/C18H16Cl2N2O3/c1-2-25-16-6-4-3-5-14(16)21-15-10-17(23)22(18(15)24)11-7-8-12(19)13(20)9-11/h3-9,15,21H,2,10H2,1H3/t15-/m0/s1. The van der Waals surface area contributed by atoms with E-state index >= 15 is 0 Å². The van der Waals surface area contributed by atoms with Crippen molar-refractivity contribution in [1.29, 1.82) is 0 Å². The van der Waals surface area contributed by atoms with Crippen LogP contribution in [0.15, 0.2) is 42.5 Å². The first-order valence-corrected chi connectivity index (χ1v) is 8.57. The second-order valence-corrected chi connectivity index (χ2v) is 6.31. The van der Waals surface area contributed by atoms with Gasteiger partial charge in [-0.05, 0) is 37.3 Å². The number of benzene rings is 2. The van der Waals surface area contributed by atoms with Gasteiger partial charge in [0, 0.05) is 0 Å². The highest BCUT2D eigenvalue weighted by atomic mass is 35.5. The highest BCUT2D eigenvalue weighted by Gasteiger charge is 2.40. The maximum absolute atomic E-state index is 12.7. The molecular weight excluding hydrogens is 363 g/mol. The molecule has 1 N–H and O–H groups in total. The molecule has 1 aliphatic heterocycles. The number of anilines is 2. The topological polar surface area (TPSA) is 58.6 Å². The number of imide groups is 1. The fourth-order valence-electron chi connectivity index (χ4n) is 2.70. The van der Waals surface area contributed by atoms with Crippen LogP contribution < -0.4 is 15.0 Å². The number of ether oxygens (including phenoxy) is 1. The number of nitrogens with zero attached hydrogens (tertiary/aromatic N) is 1. The van der Waals surface area contributed by atoms with Crippen LogP contribution in [-0.2, 0) is 9.59 Å². The molecule has 5 nitrogen and oxygen atoms in total. The summed E-state index contributed by atoms with van der Waals surface area (Å²) in [6, 6.07) is 11.3. The predicted octanol–water partition coefficient (Wildman–Crippen LogP) is 4.14. The van der Waals surface area contributed by atoms with E-state index in [9.17, 15) is 9.59 Å². The third-order valence-electron chi connectivity index (χ3n) is 3.82. The Morgan fingerprint density at radius 3 is 2.64 bits per heavy atom. The molecule has 1 saturated heterocycles. The second kappa shape index (κ2) is 7.33. The van der Waals surface area contributed by atoms with Crippen molar-refractivity contribution >= 4 is 46.4 Å². The zero-order valence-corrected chi connectivity index (χ0v) is 15.0. The van der Waals surface area contributed by atoms with Crippen molar-refractivity contribution in [3.05, 3.63) is 52.5 Å². The van der Waals surface area contributed by atoms with Crippen LogP contribution in [-0.4, -0.2) is 24.5 Å². The Labute approximate surface area is 155 Å². The molecule has 0 spiro atoms. The summed E-state index contributed by atoms with van der Waals surface area (Å²) in [4.78, 5) is 26.2. The van der Waals surface area contributed by atoms with E-state index in [4.69, 9.17) is 27.9 Å². The van der Waals surface area contributed by atoms with Gasteiger partial charge in [0.25, 0.3) is 5.91 Å². The van der Waals surface area contributed by atoms with Gasteiger partial charge in [0.2, 0.25) is 5.91 Å². The molecule has 1 fully saturated rings. The van der Waals surface area contributed by atoms with Crippen LogP contribution in [0.1, 0.15) is 13.3 Å². The fourth-order valence-corrected chi connectivity index (χ4v) is 2.99. The molecule has 0 unspecified atom stereocenters. The summed E-state index contributed by atoms with van der Waals surface area (Å²) in [6.07, 6.45) is 0.0551. The number of carbonyl (C=O) groups is 2. The molecule has 2 aromatic rings. The van der Waals surface area contributed by atoms with Crippen molar-refractivity contribution in [1.82, 2.24) is 0 Å². The Morgan fingerprint density at radius 2 is 1.92 bits per heavy atom. The molecule has 0 aliphatic carbocycles. The Morgan fingerprint density at radius 1 is 1.16 bits per heavy atom. The van der Waals surface area contributed by atoms with Crippen molar-refractivity contribution in [3.8, 4) is 5.75 Å². The van der Waals surface area contributed by atoms with Crippen LogP contribution in [0.25, 0.3) is 0 Å². The maximum atomic E-state index is 12.7. The van der Waals surface area contributed by atoms with Gasteiger partial charge < -0.3 is 10.1 Å². The highest BCUT2D eigenvalue weighted by molar-refractivity contribution is 6.42. The van der Waals surface area contributed by atoms with E-state index in [1.54, 1.807) is 12.1 Å². The summed E-state index contributed by atoms with van der Waals surface area (Å²) >= 11 is 11.9. The Hall–Kier alpha value is -2.24. The first kappa shape index (κ1) is 17.6. The van der Waals surface area contributed by atoms with Gasteiger partial charge in [-0.15, -0.1) is 0 Å². The average molecular weight is 379 g/mol. The Balaban J connectivity index is 1.83. The summed E-state index contributed by atoms with van der Waals surface area (Å²) in [5.74, 6) is 0.00251. The van der Waals surface area contributed by atoms with Crippen molar-refractivity contribution in [2.24, 2.45) is 0 Å². The molecule has 3 rings (SSSR count). The fraction of sp³-hybridized carbons (Fsp3) is 0.222. The molecular formula is C18H16Cl2N2O3. The lowest BCUT2D eigenvalue weighted by molar-refractivity contribution is -0.121. The van der Waals surface area contributed by atoms with E-state index in [-0.39, 0.29) is 23.3 Å². The molecule has 1 aliphatic rings. The van der Waals surface area contributed by atoms with Crippen molar-refractivity contribution < 1.29 is 14.3 Å². The van der Waals surface area contributed by atoms with Gasteiger partial charge >= 0.3 is 0 Å². The first-order valence-electron chi connectivity index (χ1n) is 7.81. The molecule has 2 aromatic carbocycles. The smallest absolute Gasteiger partial charge is 0.256 e. The van der Waals surface area contributed by atoms with Crippen LogP contribution in [0, 0.1) is 0 Å². The van der Waals surface area contributed by atoms with Gasteiger partial charge in [0.1, 0.15) is 11.8 Å². The average Bonchev–Trinajstić information content (AvgIpc) is 2.86. The van der Waals surface area contributed by atoms with Crippen molar-refractivity contribution in [2.45, 2.75) is 19.4 Å². The molecule has 0 radical (unpaired) electrons. The molecule has 7 heteroatoms. The van der Waals surface area contributed by atoms with Gasteiger partial charge in [-0.25, -0.2) is 4.90 Å². The normalized spacial score (nSPS) is 17.1. The van der Waals surface area contributed by atoms with E-state index < -0.39 is 6.04 Å². The van der Waals surface area contributed by atoms with E-state index in [1.807, 2.05) is 31.2 Å². The predicted molar refractivity (Wildman–Crippen MR) is 98.6 cm³/mol. The van der Waals surface area contributed by atoms with Gasteiger partial charge in [-0.1, -0.05) is 35.3 Å². The van der Waals surface area contributed by atoms with Crippen LogP contribution >= 0.6 is 23.2 Å². The van der Waals surface area contributed by atoms with E-state index in [0.717, 1.165) is 4.90 Å². The molecule has 2 amide bonds. The lowest BCUT2D eigenvalue weighted by atomic mass is 10.2. The van der Waals surface area contributed by atoms with Crippen LogP contribution in [0.5, 0.6) is 5.75 Å². The molecule has 0 saturated carbocycles. The first-order chi connectivity index (χ1) is 12.0. The molecule has 25 heavy (non-hydrogen) atoms. The van der Waals surface area contributed by atoms with Gasteiger partial charge in [0.05, 0.1) is 34.4 Å². The third-order valence-corrected chi connectivity index (χ3v) is 4.56. The van der Waals surface area contributed by atoms with E-state index in [0.29, 0.717) is 28.8 Å². The minimum atomic E-state index is -0.663. The number of para-hydroxylation sites is 2. The monoisotopic (exact) mass is 378 g/mol. The zero-order valence-electron chi connectivity index (χ0n) is 13.5. The Bertz CT molecular complexity index is 826. The lowest BCUT2D eigenvalue weighted by Crippen LogP contribution is -2.34. The number of hydrogen-bond acceptors (Lipinski definition) is 4. The van der Waals surface area contributed by atoms with E-state index in [1.165, 1.54) is 6.07 Å². The zero-order chi connectivity index (χ0) is 18.0. The second-order valence-electron chi connectivity index (χ2n) is 5.50. The highest BCUT2D eigenvalue weighted by Crippen LogP contribution is 2.32. The van der Waals surface area contributed by atoms with Crippen molar-refractivity contribution in [2.75, 3.05) is 16.8 Å². The summed E-state index contributed by atoms with van der Waals surface area (Å²) < 4.78 is 5.55. The Kier molecular flexibility index (Phi) is 5.16. The molecule has 0 aromatic heterocycles. The summed E-state index contributed by atoms with van der Waals surface area (Å²) in [5, 5.41) is 3.76. The third kappa shape index (κ3) is 3.57. The molecule has 0 bridgehead atoms. The SMILES string of the molecule is CCOc1ccccc1N[C@H]1CC(=O)N(c2ccc(Cl)c(Cl)c2)C1=O. The lowest BCUT2D eigenvalue weighted by Gasteiger charge is -2.18. The molecule has 1 heterocycles. The molecule has 1 atom stereocenters. The number of hydrogen-bond donors (Lipinski definition) is 1. The van der Waals surface area contributed by atoms with Crippen molar-refractivity contribution in [3.63, 3.8) is 0 Å². The number of carbonyl (C=O) groups excluding carboxylic acids is 2. The number of rotatable bonds is 5. The van der Waals surface area contributed by atoms with Crippen LogP contribution in [0.2, 0.25) is 10.0 Å². The quantitative estimate of drug-likeness (QED) is 0.794. The number of halogens is 2. The summed E-state index contributed by atoms with van der Waals surface area (Å²) in [7, 11) is 0.